The zero-order chi connectivity index (χ0) is 19.3. The van der Waals surface area contributed by atoms with Gasteiger partial charge in [-0.05, 0) is 30.7 Å². The van der Waals surface area contributed by atoms with Crippen LogP contribution < -0.4 is 10.6 Å². The summed E-state index contributed by atoms with van der Waals surface area (Å²) in [6.45, 7) is -0.0222. The van der Waals surface area contributed by atoms with Crippen LogP contribution in [0.2, 0.25) is 0 Å². The third-order valence-corrected chi connectivity index (χ3v) is 3.21. The number of amides is 2. The van der Waals surface area contributed by atoms with Crippen molar-refractivity contribution in [3.8, 4) is 5.69 Å². The van der Waals surface area contributed by atoms with Crippen molar-refractivity contribution in [2.24, 2.45) is 0 Å². The Kier molecular flexibility index (Phi) is 5.80. The zero-order valence-electron chi connectivity index (χ0n) is 13.2. The Morgan fingerprint density at radius 3 is 2.42 bits per heavy atom. The highest BCUT2D eigenvalue weighted by molar-refractivity contribution is 5.90. The standard InChI is InChI=1S/C15H14F4N4O3/c16-9-3-5-10(6-4-9)23-13(15(17,18)19)11(8-21-23)22-14(26)20-7-1-2-12(24)25/h3-6,8H,1-2,7H2,(H,24,25)(H2,20,22,26). The van der Waals surface area contributed by atoms with Gasteiger partial charge in [-0.1, -0.05) is 0 Å². The van der Waals surface area contributed by atoms with Gasteiger partial charge in [-0.15, -0.1) is 0 Å². The molecule has 0 unspecified atom stereocenters. The minimum absolute atomic E-state index is 0.0222. The first-order valence-electron chi connectivity index (χ1n) is 7.36. The fourth-order valence-electron chi connectivity index (χ4n) is 2.10. The first kappa shape index (κ1) is 19.2. The Bertz CT molecular complexity index is 787. The first-order chi connectivity index (χ1) is 12.2. The molecule has 0 aliphatic rings. The lowest BCUT2D eigenvalue weighted by atomic mass is 10.3. The highest BCUT2D eigenvalue weighted by atomic mass is 19.4. The van der Waals surface area contributed by atoms with Gasteiger partial charge in [0.25, 0.3) is 0 Å². The van der Waals surface area contributed by atoms with E-state index in [1.54, 1.807) is 0 Å². The molecule has 0 aliphatic heterocycles. The van der Waals surface area contributed by atoms with Crippen LogP contribution in [0.15, 0.2) is 30.5 Å². The van der Waals surface area contributed by atoms with E-state index in [1.165, 1.54) is 0 Å². The molecule has 26 heavy (non-hydrogen) atoms. The van der Waals surface area contributed by atoms with Gasteiger partial charge in [-0.3, -0.25) is 4.79 Å². The quantitative estimate of drug-likeness (QED) is 0.535. The van der Waals surface area contributed by atoms with Gasteiger partial charge in [-0.2, -0.15) is 18.3 Å². The van der Waals surface area contributed by atoms with E-state index in [0.29, 0.717) is 4.68 Å². The molecule has 3 N–H and O–H groups in total. The minimum Gasteiger partial charge on any atom is -0.481 e. The number of carboxylic acid groups (broad SMARTS) is 1. The van der Waals surface area contributed by atoms with Crippen molar-refractivity contribution in [1.29, 1.82) is 0 Å². The number of benzene rings is 1. The number of urea groups is 1. The topological polar surface area (TPSA) is 96.2 Å². The number of nitrogens with one attached hydrogen (secondary N) is 2. The number of hydrogen-bond donors (Lipinski definition) is 3. The van der Waals surface area contributed by atoms with E-state index >= 15 is 0 Å². The third-order valence-electron chi connectivity index (χ3n) is 3.21. The van der Waals surface area contributed by atoms with Gasteiger partial charge >= 0.3 is 18.2 Å². The van der Waals surface area contributed by atoms with Crippen molar-refractivity contribution < 1.29 is 32.3 Å². The summed E-state index contributed by atoms with van der Waals surface area (Å²) in [6, 6.07) is 3.28. The molecule has 0 radical (unpaired) electrons. The molecule has 2 aromatic rings. The number of carbonyl (C=O) groups excluding carboxylic acids is 1. The summed E-state index contributed by atoms with van der Waals surface area (Å²) in [6.07, 6.45) is -4.07. The zero-order valence-corrected chi connectivity index (χ0v) is 13.2. The highest BCUT2D eigenvalue weighted by Gasteiger charge is 2.39. The number of nitrogens with zero attached hydrogens (tertiary/aromatic N) is 2. The second-order valence-electron chi connectivity index (χ2n) is 5.17. The third kappa shape index (κ3) is 4.94. The van der Waals surface area contributed by atoms with Crippen molar-refractivity contribution >= 4 is 17.7 Å². The summed E-state index contributed by atoms with van der Waals surface area (Å²) in [5.74, 6) is -1.67. The molecule has 0 saturated carbocycles. The number of carboxylic acids is 1. The number of carbonyl (C=O) groups is 2. The van der Waals surface area contributed by atoms with Crippen LogP contribution in [0.1, 0.15) is 18.5 Å². The fraction of sp³-hybridized carbons (Fsp3) is 0.267. The molecule has 11 heteroatoms. The predicted octanol–water partition coefficient (Wildman–Crippen LogP) is 3.02. The van der Waals surface area contributed by atoms with Crippen molar-refractivity contribution in [2.75, 3.05) is 11.9 Å². The van der Waals surface area contributed by atoms with Crippen LogP contribution in [0.4, 0.5) is 28.0 Å². The van der Waals surface area contributed by atoms with Crippen molar-refractivity contribution in [2.45, 2.75) is 19.0 Å². The maximum absolute atomic E-state index is 13.4. The smallest absolute Gasteiger partial charge is 0.435 e. The Labute approximate surface area is 144 Å². The van der Waals surface area contributed by atoms with E-state index in [-0.39, 0.29) is 25.1 Å². The average molecular weight is 374 g/mol. The summed E-state index contributed by atoms with van der Waals surface area (Å²) in [5, 5.41) is 16.4. The summed E-state index contributed by atoms with van der Waals surface area (Å²) >= 11 is 0. The number of aliphatic carboxylic acids is 1. The fourth-order valence-corrected chi connectivity index (χ4v) is 2.10. The molecule has 1 aromatic heterocycles. The monoisotopic (exact) mass is 374 g/mol. The van der Waals surface area contributed by atoms with E-state index in [2.05, 4.69) is 10.4 Å². The molecule has 1 aromatic carbocycles. The molecule has 7 nitrogen and oxygen atoms in total. The van der Waals surface area contributed by atoms with E-state index in [1.807, 2.05) is 5.32 Å². The summed E-state index contributed by atoms with van der Waals surface area (Å²) in [5.41, 5.74) is -1.85. The molecule has 140 valence electrons. The van der Waals surface area contributed by atoms with E-state index in [9.17, 15) is 27.2 Å². The molecule has 1 heterocycles. The number of rotatable bonds is 6. The Morgan fingerprint density at radius 1 is 1.19 bits per heavy atom. The van der Waals surface area contributed by atoms with Crippen LogP contribution in [0.5, 0.6) is 0 Å². The summed E-state index contributed by atoms with van der Waals surface area (Å²) in [7, 11) is 0. The maximum atomic E-state index is 13.4. The normalized spacial score (nSPS) is 11.2. The molecule has 0 bridgehead atoms. The molecule has 0 saturated heterocycles. The molecule has 0 fully saturated rings. The van der Waals surface area contributed by atoms with Crippen molar-refractivity contribution in [3.05, 3.63) is 42.0 Å². The summed E-state index contributed by atoms with van der Waals surface area (Å²) in [4.78, 5) is 22.1. The molecular formula is C15H14F4N4O3. The van der Waals surface area contributed by atoms with Crippen LogP contribution >= 0.6 is 0 Å². The second-order valence-corrected chi connectivity index (χ2v) is 5.17. The van der Waals surface area contributed by atoms with E-state index in [0.717, 1.165) is 30.5 Å². The number of alkyl halides is 3. The number of anilines is 1. The molecule has 0 spiro atoms. The Hall–Kier alpha value is -3.11. The van der Waals surface area contributed by atoms with Gasteiger partial charge < -0.3 is 15.7 Å². The lowest BCUT2D eigenvalue weighted by molar-refractivity contribution is -0.142. The van der Waals surface area contributed by atoms with E-state index in [4.69, 9.17) is 5.11 Å². The van der Waals surface area contributed by atoms with Crippen LogP contribution in [-0.4, -0.2) is 33.4 Å². The van der Waals surface area contributed by atoms with Gasteiger partial charge in [0.05, 0.1) is 17.6 Å². The van der Waals surface area contributed by atoms with Crippen LogP contribution in [0, 0.1) is 5.82 Å². The lowest BCUT2D eigenvalue weighted by Gasteiger charge is -2.13. The predicted molar refractivity (Wildman–Crippen MR) is 82.4 cm³/mol. The van der Waals surface area contributed by atoms with Crippen LogP contribution in [0.3, 0.4) is 0 Å². The molecule has 2 rings (SSSR count). The maximum Gasteiger partial charge on any atom is 0.435 e. The first-order valence-corrected chi connectivity index (χ1v) is 7.36. The second kappa shape index (κ2) is 7.85. The summed E-state index contributed by atoms with van der Waals surface area (Å²) < 4.78 is 53.6. The molecular weight excluding hydrogens is 360 g/mol. The average Bonchev–Trinajstić information content (AvgIpc) is 2.96. The van der Waals surface area contributed by atoms with Crippen molar-refractivity contribution in [3.63, 3.8) is 0 Å². The van der Waals surface area contributed by atoms with Crippen LogP contribution in [-0.2, 0) is 11.0 Å². The minimum atomic E-state index is -4.84. The van der Waals surface area contributed by atoms with Crippen LogP contribution in [0.25, 0.3) is 5.69 Å². The lowest BCUT2D eigenvalue weighted by Crippen LogP contribution is -2.30. The van der Waals surface area contributed by atoms with Gasteiger partial charge in [0.15, 0.2) is 5.69 Å². The largest absolute Gasteiger partial charge is 0.481 e. The van der Waals surface area contributed by atoms with Gasteiger partial charge in [-0.25, -0.2) is 13.9 Å². The number of halogens is 4. The Morgan fingerprint density at radius 2 is 1.85 bits per heavy atom. The van der Waals surface area contributed by atoms with E-state index < -0.39 is 35.4 Å². The number of hydrogen-bond acceptors (Lipinski definition) is 3. The highest BCUT2D eigenvalue weighted by Crippen LogP contribution is 2.36. The SMILES string of the molecule is O=C(O)CCCNC(=O)Nc1cnn(-c2ccc(F)cc2)c1C(F)(F)F. The number of aromatic nitrogens is 2. The van der Waals surface area contributed by atoms with Gasteiger partial charge in [0, 0.05) is 13.0 Å². The Balaban J connectivity index is 2.17. The molecule has 2 amide bonds. The van der Waals surface area contributed by atoms with Crippen molar-refractivity contribution in [1.82, 2.24) is 15.1 Å². The van der Waals surface area contributed by atoms with Gasteiger partial charge in [0.2, 0.25) is 0 Å². The van der Waals surface area contributed by atoms with Gasteiger partial charge in [0.1, 0.15) is 5.82 Å². The molecule has 0 aliphatic carbocycles. The molecule has 0 atom stereocenters.